The van der Waals surface area contributed by atoms with Crippen LogP contribution in [0, 0.1) is 0 Å². The Morgan fingerprint density at radius 2 is 2.00 bits per heavy atom. The maximum Gasteiger partial charge on any atom is 0.0643 e. The molecule has 3 heteroatoms. The van der Waals surface area contributed by atoms with Crippen LogP contribution in [0.15, 0.2) is 18.2 Å². The van der Waals surface area contributed by atoms with Crippen LogP contribution in [0.2, 0.25) is 5.02 Å². The van der Waals surface area contributed by atoms with Crippen LogP contribution in [0.1, 0.15) is 38.2 Å². The SMILES string of the molecule is CC1(c2ccc(N3CCCC3)c(Cl)c2)CCCN1. The van der Waals surface area contributed by atoms with Gasteiger partial charge in [-0.15, -0.1) is 0 Å². The predicted octanol–water partition coefficient (Wildman–Crippen LogP) is 3.54. The van der Waals surface area contributed by atoms with Crippen molar-refractivity contribution in [2.45, 2.75) is 38.1 Å². The van der Waals surface area contributed by atoms with E-state index in [0.717, 1.165) is 24.7 Å². The van der Waals surface area contributed by atoms with Gasteiger partial charge in [0.2, 0.25) is 0 Å². The topological polar surface area (TPSA) is 15.3 Å². The summed E-state index contributed by atoms with van der Waals surface area (Å²) in [5, 5.41) is 4.50. The minimum atomic E-state index is 0.118. The number of nitrogens with zero attached hydrogens (tertiary/aromatic N) is 1. The van der Waals surface area contributed by atoms with E-state index in [0.29, 0.717) is 0 Å². The molecule has 1 atom stereocenters. The van der Waals surface area contributed by atoms with Crippen molar-refractivity contribution in [3.63, 3.8) is 0 Å². The molecule has 2 heterocycles. The summed E-state index contributed by atoms with van der Waals surface area (Å²) < 4.78 is 0. The van der Waals surface area contributed by atoms with Gasteiger partial charge in [0, 0.05) is 18.6 Å². The largest absolute Gasteiger partial charge is 0.370 e. The van der Waals surface area contributed by atoms with Crippen LogP contribution in [-0.4, -0.2) is 19.6 Å². The van der Waals surface area contributed by atoms with E-state index in [1.54, 1.807) is 0 Å². The lowest BCUT2D eigenvalue weighted by Crippen LogP contribution is -2.33. The molecule has 0 aromatic heterocycles. The standard InChI is InChI=1S/C15H21ClN2/c1-15(7-4-8-17-15)12-5-6-14(13(16)11-12)18-9-2-3-10-18/h5-6,11,17H,2-4,7-10H2,1H3. The monoisotopic (exact) mass is 264 g/mol. The first-order chi connectivity index (χ1) is 8.69. The number of halogens is 1. The van der Waals surface area contributed by atoms with E-state index < -0.39 is 0 Å². The molecule has 18 heavy (non-hydrogen) atoms. The van der Waals surface area contributed by atoms with Crippen molar-refractivity contribution < 1.29 is 0 Å². The minimum absolute atomic E-state index is 0.118. The van der Waals surface area contributed by atoms with Gasteiger partial charge in [-0.05, 0) is 56.8 Å². The summed E-state index contributed by atoms with van der Waals surface area (Å²) in [5.41, 5.74) is 2.65. The van der Waals surface area contributed by atoms with Crippen LogP contribution in [0.4, 0.5) is 5.69 Å². The third-order valence-electron chi connectivity index (χ3n) is 4.40. The molecular formula is C15H21ClN2. The van der Waals surface area contributed by atoms with Gasteiger partial charge in [0.25, 0.3) is 0 Å². The van der Waals surface area contributed by atoms with E-state index in [1.807, 2.05) is 0 Å². The number of hydrogen-bond donors (Lipinski definition) is 1. The fourth-order valence-corrected chi connectivity index (χ4v) is 3.51. The molecule has 2 aliphatic heterocycles. The second-order valence-electron chi connectivity index (χ2n) is 5.72. The van der Waals surface area contributed by atoms with Crippen LogP contribution in [0.3, 0.4) is 0 Å². The molecule has 1 aromatic rings. The van der Waals surface area contributed by atoms with Crippen LogP contribution in [0.25, 0.3) is 0 Å². The van der Waals surface area contributed by atoms with E-state index in [4.69, 9.17) is 11.6 Å². The molecule has 0 aliphatic carbocycles. The highest BCUT2D eigenvalue weighted by Gasteiger charge is 2.30. The highest BCUT2D eigenvalue weighted by Crippen LogP contribution is 2.36. The van der Waals surface area contributed by atoms with Gasteiger partial charge < -0.3 is 10.2 Å². The number of benzene rings is 1. The summed E-state index contributed by atoms with van der Waals surface area (Å²) in [4.78, 5) is 2.40. The Morgan fingerprint density at radius 3 is 2.61 bits per heavy atom. The first kappa shape index (κ1) is 12.3. The molecule has 2 aliphatic rings. The van der Waals surface area contributed by atoms with Crippen molar-refractivity contribution >= 4 is 17.3 Å². The van der Waals surface area contributed by atoms with Gasteiger partial charge in [-0.3, -0.25) is 0 Å². The molecule has 0 spiro atoms. The van der Waals surface area contributed by atoms with Crippen molar-refractivity contribution in [3.8, 4) is 0 Å². The second-order valence-corrected chi connectivity index (χ2v) is 6.13. The Bertz CT molecular complexity index is 432. The first-order valence-electron chi connectivity index (χ1n) is 6.99. The molecule has 2 saturated heterocycles. The van der Waals surface area contributed by atoms with Crippen LogP contribution >= 0.6 is 11.6 Å². The van der Waals surface area contributed by atoms with Gasteiger partial charge in [0.05, 0.1) is 10.7 Å². The molecule has 2 fully saturated rings. The zero-order chi connectivity index (χ0) is 12.6. The smallest absolute Gasteiger partial charge is 0.0643 e. The molecule has 98 valence electrons. The van der Waals surface area contributed by atoms with E-state index in [-0.39, 0.29) is 5.54 Å². The van der Waals surface area contributed by atoms with Gasteiger partial charge in [-0.1, -0.05) is 17.7 Å². The van der Waals surface area contributed by atoms with Gasteiger partial charge in [-0.25, -0.2) is 0 Å². The third-order valence-corrected chi connectivity index (χ3v) is 4.70. The normalized spacial score (nSPS) is 28.0. The first-order valence-corrected chi connectivity index (χ1v) is 7.37. The maximum absolute atomic E-state index is 6.48. The number of rotatable bonds is 2. The number of hydrogen-bond acceptors (Lipinski definition) is 2. The Hall–Kier alpha value is -0.730. The Balaban J connectivity index is 1.88. The predicted molar refractivity (Wildman–Crippen MR) is 77.5 cm³/mol. The molecule has 0 saturated carbocycles. The quantitative estimate of drug-likeness (QED) is 0.879. The summed E-state index contributed by atoms with van der Waals surface area (Å²) in [5.74, 6) is 0. The van der Waals surface area contributed by atoms with Crippen molar-refractivity contribution in [1.29, 1.82) is 0 Å². The van der Waals surface area contributed by atoms with Crippen LogP contribution < -0.4 is 10.2 Å². The van der Waals surface area contributed by atoms with E-state index in [1.165, 1.54) is 36.9 Å². The number of nitrogens with one attached hydrogen (secondary N) is 1. The second kappa shape index (κ2) is 4.75. The summed E-state index contributed by atoms with van der Waals surface area (Å²) in [6.07, 6.45) is 5.03. The molecular weight excluding hydrogens is 244 g/mol. The zero-order valence-corrected chi connectivity index (χ0v) is 11.8. The van der Waals surface area contributed by atoms with E-state index in [9.17, 15) is 0 Å². The fraction of sp³-hybridized carbons (Fsp3) is 0.600. The average molecular weight is 265 g/mol. The maximum atomic E-state index is 6.48. The number of anilines is 1. The summed E-state index contributed by atoms with van der Waals surface area (Å²) in [6.45, 7) is 5.69. The Labute approximate surface area is 114 Å². The molecule has 0 bridgehead atoms. The fourth-order valence-electron chi connectivity index (χ4n) is 3.21. The lowest BCUT2D eigenvalue weighted by molar-refractivity contribution is 0.435. The molecule has 3 rings (SSSR count). The van der Waals surface area contributed by atoms with E-state index >= 15 is 0 Å². The van der Waals surface area contributed by atoms with Crippen LogP contribution in [0.5, 0.6) is 0 Å². The van der Waals surface area contributed by atoms with Crippen LogP contribution in [-0.2, 0) is 5.54 Å². The van der Waals surface area contributed by atoms with Crippen molar-refractivity contribution in [1.82, 2.24) is 5.32 Å². The van der Waals surface area contributed by atoms with Crippen molar-refractivity contribution in [3.05, 3.63) is 28.8 Å². The lowest BCUT2D eigenvalue weighted by atomic mass is 9.90. The molecule has 0 amide bonds. The highest BCUT2D eigenvalue weighted by molar-refractivity contribution is 6.33. The molecule has 1 N–H and O–H groups in total. The van der Waals surface area contributed by atoms with Crippen molar-refractivity contribution in [2.75, 3.05) is 24.5 Å². The third kappa shape index (κ3) is 2.12. The minimum Gasteiger partial charge on any atom is -0.370 e. The van der Waals surface area contributed by atoms with Gasteiger partial charge in [0.15, 0.2) is 0 Å². The highest BCUT2D eigenvalue weighted by atomic mass is 35.5. The Kier molecular flexibility index (Phi) is 3.25. The zero-order valence-electron chi connectivity index (χ0n) is 11.0. The van der Waals surface area contributed by atoms with Crippen molar-refractivity contribution in [2.24, 2.45) is 0 Å². The summed E-state index contributed by atoms with van der Waals surface area (Å²) >= 11 is 6.48. The average Bonchev–Trinajstić information content (AvgIpc) is 3.00. The molecule has 0 radical (unpaired) electrons. The molecule has 2 nitrogen and oxygen atoms in total. The van der Waals surface area contributed by atoms with Gasteiger partial charge in [-0.2, -0.15) is 0 Å². The van der Waals surface area contributed by atoms with Gasteiger partial charge in [0.1, 0.15) is 0 Å². The molecule has 1 unspecified atom stereocenters. The summed E-state index contributed by atoms with van der Waals surface area (Å²) in [7, 11) is 0. The van der Waals surface area contributed by atoms with E-state index in [2.05, 4.69) is 35.3 Å². The van der Waals surface area contributed by atoms with Gasteiger partial charge >= 0.3 is 0 Å². The summed E-state index contributed by atoms with van der Waals surface area (Å²) in [6, 6.07) is 6.61. The lowest BCUT2D eigenvalue weighted by Gasteiger charge is -2.27. The Morgan fingerprint density at radius 1 is 1.22 bits per heavy atom. The molecule has 1 aromatic carbocycles.